The van der Waals surface area contributed by atoms with Crippen LogP contribution in [0.15, 0.2) is 40.9 Å². The van der Waals surface area contributed by atoms with E-state index in [-0.39, 0.29) is 27.9 Å². The minimum atomic E-state index is -3.74. The third-order valence-electron chi connectivity index (χ3n) is 4.95. The normalized spacial score (nSPS) is 16.0. The zero-order chi connectivity index (χ0) is 20.4. The maximum absolute atomic E-state index is 13.1. The van der Waals surface area contributed by atoms with E-state index >= 15 is 0 Å². The van der Waals surface area contributed by atoms with Gasteiger partial charge in [0.05, 0.1) is 17.3 Å². The van der Waals surface area contributed by atoms with Crippen molar-refractivity contribution < 1.29 is 13.2 Å². The van der Waals surface area contributed by atoms with Crippen molar-refractivity contribution in [1.82, 2.24) is 19.0 Å². The average Bonchev–Trinajstić information content (AvgIpc) is 3.17. The third-order valence-corrected chi connectivity index (χ3v) is 8.10. The Kier molecular flexibility index (Phi) is 5.91. The Morgan fingerprint density at radius 2 is 1.97 bits per heavy atom. The average molecular weight is 453 g/mol. The predicted molar refractivity (Wildman–Crippen MR) is 113 cm³/mol. The van der Waals surface area contributed by atoms with Crippen LogP contribution in [0, 0.1) is 0 Å². The molecular weight excluding hydrogens is 432 g/mol. The number of halogens is 1. The zero-order valence-electron chi connectivity index (χ0n) is 15.7. The molecule has 154 valence electrons. The maximum Gasteiger partial charge on any atom is 0.251 e. The van der Waals surface area contributed by atoms with E-state index in [0.717, 1.165) is 36.3 Å². The molecule has 1 aliphatic rings. The lowest BCUT2D eigenvalue weighted by molar-refractivity contribution is 0.0950. The van der Waals surface area contributed by atoms with Crippen LogP contribution in [-0.2, 0) is 16.6 Å². The number of nitrogens with zero attached hydrogens (tertiary/aromatic N) is 3. The van der Waals surface area contributed by atoms with Crippen molar-refractivity contribution >= 4 is 43.8 Å². The topological polar surface area (TPSA) is 83.8 Å². The molecule has 1 N–H and O–H groups in total. The number of thiazole rings is 1. The summed E-state index contributed by atoms with van der Waals surface area (Å²) >= 11 is 7.72. The molecule has 1 aliphatic heterocycles. The number of benzene rings is 1. The van der Waals surface area contributed by atoms with Crippen molar-refractivity contribution in [2.75, 3.05) is 13.1 Å². The van der Waals surface area contributed by atoms with Crippen LogP contribution >= 0.6 is 22.9 Å². The van der Waals surface area contributed by atoms with Crippen molar-refractivity contribution in [3.63, 3.8) is 0 Å². The summed E-state index contributed by atoms with van der Waals surface area (Å²) in [6.07, 6.45) is 7.46. The zero-order valence-corrected chi connectivity index (χ0v) is 18.1. The second-order valence-electron chi connectivity index (χ2n) is 6.97. The standard InChI is InChI=1S/C19H21ClN4O3S2/c20-16-6-5-14(11-17(16)29(26,27)24-7-3-1-2-4-8-24)18(25)21-12-15-13-23-9-10-28-19(23)22-15/h5-6,9-11,13H,1-4,7-8,12H2,(H,21,25). The van der Waals surface area contributed by atoms with Crippen LogP contribution in [0.25, 0.3) is 4.96 Å². The number of hydrogen-bond acceptors (Lipinski definition) is 5. The highest BCUT2D eigenvalue weighted by Gasteiger charge is 2.28. The quantitative estimate of drug-likeness (QED) is 0.641. The van der Waals surface area contributed by atoms with Crippen molar-refractivity contribution in [1.29, 1.82) is 0 Å². The lowest BCUT2D eigenvalue weighted by atomic mass is 10.2. The van der Waals surface area contributed by atoms with Gasteiger partial charge in [-0.15, -0.1) is 11.3 Å². The number of hydrogen-bond donors (Lipinski definition) is 1. The summed E-state index contributed by atoms with van der Waals surface area (Å²) in [5, 5.41) is 4.85. The van der Waals surface area contributed by atoms with Crippen molar-refractivity contribution in [3.8, 4) is 0 Å². The second-order valence-corrected chi connectivity index (χ2v) is 10.2. The van der Waals surface area contributed by atoms with Crippen molar-refractivity contribution in [3.05, 3.63) is 52.3 Å². The number of nitrogens with one attached hydrogen (secondary N) is 1. The van der Waals surface area contributed by atoms with Gasteiger partial charge in [0.15, 0.2) is 4.96 Å². The number of carbonyl (C=O) groups excluding carboxylic acids is 1. The molecule has 0 saturated carbocycles. The number of amides is 1. The number of fused-ring (bicyclic) bond motifs is 1. The molecule has 29 heavy (non-hydrogen) atoms. The van der Waals surface area contributed by atoms with E-state index in [1.54, 1.807) is 0 Å². The molecule has 0 radical (unpaired) electrons. The summed E-state index contributed by atoms with van der Waals surface area (Å²) in [4.78, 5) is 17.9. The van der Waals surface area contributed by atoms with Gasteiger partial charge >= 0.3 is 0 Å². The molecule has 3 heterocycles. The number of rotatable bonds is 5. The first-order valence-electron chi connectivity index (χ1n) is 9.44. The summed E-state index contributed by atoms with van der Waals surface area (Å²) in [6.45, 7) is 1.21. The second kappa shape index (κ2) is 8.43. The van der Waals surface area contributed by atoms with E-state index in [4.69, 9.17) is 11.6 Å². The largest absolute Gasteiger partial charge is 0.346 e. The first-order valence-corrected chi connectivity index (χ1v) is 12.1. The lowest BCUT2D eigenvalue weighted by Gasteiger charge is -2.21. The summed E-state index contributed by atoms with van der Waals surface area (Å²) < 4.78 is 29.5. The SMILES string of the molecule is O=C(NCc1cn2ccsc2n1)c1ccc(Cl)c(S(=O)(=O)N2CCCCCC2)c1. The molecule has 1 aromatic carbocycles. The van der Waals surface area contributed by atoms with Gasteiger partial charge in [-0.25, -0.2) is 13.4 Å². The van der Waals surface area contributed by atoms with Gasteiger partial charge in [0.2, 0.25) is 10.0 Å². The Labute approximate surface area is 178 Å². The highest BCUT2D eigenvalue weighted by molar-refractivity contribution is 7.89. The van der Waals surface area contributed by atoms with Gasteiger partial charge in [-0.1, -0.05) is 24.4 Å². The number of carbonyl (C=O) groups is 1. The fraction of sp³-hybridized carbons (Fsp3) is 0.368. The molecule has 0 aliphatic carbocycles. The molecule has 2 aromatic heterocycles. The molecule has 3 aromatic rings. The monoisotopic (exact) mass is 452 g/mol. The molecule has 0 bridgehead atoms. The van der Waals surface area contributed by atoms with E-state index in [1.807, 2.05) is 22.2 Å². The van der Waals surface area contributed by atoms with Crippen molar-refractivity contribution in [2.45, 2.75) is 37.1 Å². The first kappa shape index (κ1) is 20.3. The molecule has 0 unspecified atom stereocenters. The maximum atomic E-state index is 13.1. The van der Waals surface area contributed by atoms with Gasteiger partial charge in [-0.05, 0) is 31.0 Å². The Morgan fingerprint density at radius 3 is 2.69 bits per heavy atom. The van der Waals surface area contributed by atoms with E-state index in [2.05, 4.69) is 10.3 Å². The van der Waals surface area contributed by atoms with E-state index < -0.39 is 10.0 Å². The molecule has 0 atom stereocenters. The van der Waals surface area contributed by atoms with E-state index in [1.165, 1.54) is 33.8 Å². The minimum absolute atomic E-state index is 0.0174. The summed E-state index contributed by atoms with van der Waals surface area (Å²) in [6, 6.07) is 4.36. The van der Waals surface area contributed by atoms with Crippen LogP contribution < -0.4 is 5.32 Å². The Morgan fingerprint density at radius 1 is 1.21 bits per heavy atom. The van der Waals surface area contributed by atoms with E-state index in [0.29, 0.717) is 13.1 Å². The fourth-order valence-electron chi connectivity index (χ4n) is 3.40. The molecule has 0 spiro atoms. The number of sulfonamides is 1. The van der Waals surface area contributed by atoms with Gasteiger partial charge in [-0.2, -0.15) is 4.31 Å². The summed E-state index contributed by atoms with van der Waals surface area (Å²) in [5.74, 6) is -0.370. The lowest BCUT2D eigenvalue weighted by Crippen LogP contribution is -2.32. The molecule has 1 saturated heterocycles. The molecule has 7 nitrogen and oxygen atoms in total. The van der Waals surface area contributed by atoms with Crippen LogP contribution in [-0.4, -0.2) is 41.1 Å². The Balaban J connectivity index is 1.52. The van der Waals surface area contributed by atoms with Gasteiger partial charge in [0.25, 0.3) is 5.91 Å². The van der Waals surface area contributed by atoms with Gasteiger partial charge in [-0.3, -0.25) is 9.20 Å². The predicted octanol–water partition coefficient (Wildman–Crippen LogP) is 3.54. The van der Waals surface area contributed by atoms with Crippen LogP contribution in [0.5, 0.6) is 0 Å². The van der Waals surface area contributed by atoms with Crippen LogP contribution in [0.4, 0.5) is 0 Å². The first-order chi connectivity index (χ1) is 13.9. The number of aromatic nitrogens is 2. The minimum Gasteiger partial charge on any atom is -0.346 e. The van der Waals surface area contributed by atoms with E-state index in [9.17, 15) is 13.2 Å². The third kappa shape index (κ3) is 4.32. The highest BCUT2D eigenvalue weighted by Crippen LogP contribution is 2.27. The highest BCUT2D eigenvalue weighted by atomic mass is 35.5. The van der Waals surface area contributed by atoms with Gasteiger partial charge in [0.1, 0.15) is 4.90 Å². The van der Waals surface area contributed by atoms with Crippen LogP contribution in [0.2, 0.25) is 5.02 Å². The van der Waals surface area contributed by atoms with Gasteiger partial charge in [0, 0.05) is 36.4 Å². The number of imidazole rings is 1. The molecule has 10 heteroatoms. The van der Waals surface area contributed by atoms with Crippen LogP contribution in [0.1, 0.15) is 41.7 Å². The Bertz CT molecular complexity index is 1100. The molecular formula is C19H21ClN4O3S2. The summed E-state index contributed by atoms with van der Waals surface area (Å²) in [5.41, 5.74) is 0.986. The fourth-order valence-corrected chi connectivity index (χ4v) is 6.13. The molecule has 1 amide bonds. The Hall–Kier alpha value is -1.94. The van der Waals surface area contributed by atoms with Crippen molar-refractivity contribution in [2.24, 2.45) is 0 Å². The molecule has 4 rings (SSSR count). The van der Waals surface area contributed by atoms with Gasteiger partial charge < -0.3 is 5.32 Å². The molecule has 1 fully saturated rings. The summed E-state index contributed by atoms with van der Waals surface area (Å²) in [7, 11) is -3.74. The van der Waals surface area contributed by atoms with Crippen LogP contribution in [0.3, 0.4) is 0 Å². The smallest absolute Gasteiger partial charge is 0.251 e.